The number of ether oxygens (including phenoxy) is 1. The SMILES string of the molecule is Cc1ccc(N)c(C(=O)C2CCOC2)c1. The normalized spacial score (nSPS) is 20.5. The molecule has 2 N–H and O–H groups in total. The van der Waals surface area contributed by atoms with Crippen LogP contribution >= 0.6 is 0 Å². The third-order valence-electron chi connectivity index (χ3n) is 2.77. The van der Waals surface area contributed by atoms with Crippen LogP contribution in [0.25, 0.3) is 0 Å². The first-order valence-electron chi connectivity index (χ1n) is 5.16. The van der Waals surface area contributed by atoms with Crippen LogP contribution in [0.3, 0.4) is 0 Å². The van der Waals surface area contributed by atoms with Crippen LogP contribution in [-0.4, -0.2) is 19.0 Å². The molecule has 0 aliphatic carbocycles. The number of Topliss-reactive ketones (excluding diaryl/α,β-unsaturated/α-hetero) is 1. The largest absolute Gasteiger partial charge is 0.398 e. The molecule has 0 bridgehead atoms. The molecule has 1 aliphatic rings. The topological polar surface area (TPSA) is 52.3 Å². The third kappa shape index (κ3) is 2.02. The van der Waals surface area contributed by atoms with Crippen molar-refractivity contribution in [2.24, 2.45) is 5.92 Å². The van der Waals surface area contributed by atoms with Gasteiger partial charge in [0.1, 0.15) is 0 Å². The molecule has 2 rings (SSSR count). The predicted octanol–water partition coefficient (Wildman–Crippen LogP) is 1.80. The first kappa shape index (κ1) is 10.2. The van der Waals surface area contributed by atoms with Crippen molar-refractivity contribution in [2.45, 2.75) is 13.3 Å². The van der Waals surface area contributed by atoms with Crippen molar-refractivity contribution in [1.29, 1.82) is 0 Å². The lowest BCUT2D eigenvalue weighted by atomic mass is 9.95. The van der Waals surface area contributed by atoms with Crippen LogP contribution < -0.4 is 5.73 Å². The Kier molecular flexibility index (Phi) is 2.73. The van der Waals surface area contributed by atoms with Gasteiger partial charge in [0.05, 0.1) is 6.61 Å². The van der Waals surface area contributed by atoms with Crippen LogP contribution in [0.15, 0.2) is 18.2 Å². The molecular weight excluding hydrogens is 190 g/mol. The second kappa shape index (κ2) is 4.03. The fraction of sp³-hybridized carbons (Fsp3) is 0.417. The standard InChI is InChI=1S/C12H15NO2/c1-8-2-3-11(13)10(6-8)12(14)9-4-5-15-7-9/h2-3,6,9H,4-5,7,13H2,1H3. The smallest absolute Gasteiger partial charge is 0.170 e. The lowest BCUT2D eigenvalue weighted by Gasteiger charge is -2.09. The van der Waals surface area contributed by atoms with E-state index in [4.69, 9.17) is 10.5 Å². The Morgan fingerprint density at radius 1 is 1.53 bits per heavy atom. The molecule has 80 valence electrons. The van der Waals surface area contributed by atoms with Crippen LogP contribution in [-0.2, 0) is 4.74 Å². The average molecular weight is 205 g/mol. The molecule has 0 aromatic heterocycles. The van der Waals surface area contributed by atoms with Gasteiger partial charge in [-0.05, 0) is 25.5 Å². The Balaban J connectivity index is 2.27. The maximum atomic E-state index is 12.1. The molecule has 15 heavy (non-hydrogen) atoms. The van der Waals surface area contributed by atoms with Crippen molar-refractivity contribution < 1.29 is 9.53 Å². The molecule has 0 saturated carbocycles. The number of ketones is 1. The number of carbonyl (C=O) groups excluding carboxylic acids is 1. The van der Waals surface area contributed by atoms with Crippen molar-refractivity contribution in [2.75, 3.05) is 18.9 Å². The van der Waals surface area contributed by atoms with Gasteiger partial charge >= 0.3 is 0 Å². The molecule has 3 heteroatoms. The summed E-state index contributed by atoms with van der Waals surface area (Å²) in [5, 5.41) is 0. The fourth-order valence-electron chi connectivity index (χ4n) is 1.84. The Labute approximate surface area is 89.2 Å². The number of nitrogens with two attached hydrogens (primary N) is 1. The van der Waals surface area contributed by atoms with E-state index in [1.807, 2.05) is 19.1 Å². The second-order valence-corrected chi connectivity index (χ2v) is 4.02. The van der Waals surface area contributed by atoms with Gasteiger partial charge in [0.15, 0.2) is 5.78 Å². The maximum Gasteiger partial charge on any atom is 0.170 e. The van der Waals surface area contributed by atoms with Crippen molar-refractivity contribution in [3.05, 3.63) is 29.3 Å². The van der Waals surface area contributed by atoms with Crippen LogP contribution in [0.5, 0.6) is 0 Å². The van der Waals surface area contributed by atoms with E-state index in [1.165, 1.54) is 0 Å². The van der Waals surface area contributed by atoms with Crippen molar-refractivity contribution in [3.8, 4) is 0 Å². The number of nitrogen functional groups attached to an aromatic ring is 1. The lowest BCUT2D eigenvalue weighted by molar-refractivity contribution is 0.0901. The molecule has 0 amide bonds. The Hall–Kier alpha value is -1.35. The molecule has 0 spiro atoms. The van der Waals surface area contributed by atoms with E-state index >= 15 is 0 Å². The molecule has 1 aromatic rings. The van der Waals surface area contributed by atoms with E-state index in [1.54, 1.807) is 6.07 Å². The molecular formula is C12H15NO2. The Morgan fingerprint density at radius 2 is 2.33 bits per heavy atom. The first-order valence-corrected chi connectivity index (χ1v) is 5.16. The van der Waals surface area contributed by atoms with E-state index in [0.29, 0.717) is 24.5 Å². The molecule has 1 heterocycles. The maximum absolute atomic E-state index is 12.1. The first-order chi connectivity index (χ1) is 7.18. The minimum absolute atomic E-state index is 0.00546. The summed E-state index contributed by atoms with van der Waals surface area (Å²) in [7, 11) is 0. The Morgan fingerprint density at radius 3 is 3.00 bits per heavy atom. The molecule has 3 nitrogen and oxygen atoms in total. The van der Waals surface area contributed by atoms with Gasteiger partial charge < -0.3 is 10.5 Å². The summed E-state index contributed by atoms with van der Waals surface area (Å²) in [4.78, 5) is 12.1. The highest BCUT2D eigenvalue weighted by atomic mass is 16.5. The zero-order chi connectivity index (χ0) is 10.8. The second-order valence-electron chi connectivity index (χ2n) is 4.02. The van der Waals surface area contributed by atoms with E-state index in [0.717, 1.165) is 12.0 Å². The van der Waals surface area contributed by atoms with Gasteiger partial charge in [-0.3, -0.25) is 4.79 Å². The monoisotopic (exact) mass is 205 g/mol. The van der Waals surface area contributed by atoms with Gasteiger partial charge in [0, 0.05) is 23.8 Å². The number of rotatable bonds is 2. The number of carbonyl (C=O) groups is 1. The molecule has 1 unspecified atom stereocenters. The van der Waals surface area contributed by atoms with Crippen molar-refractivity contribution in [3.63, 3.8) is 0 Å². The minimum atomic E-state index is -0.00546. The molecule has 1 fully saturated rings. The van der Waals surface area contributed by atoms with Crippen molar-refractivity contribution >= 4 is 11.5 Å². The van der Waals surface area contributed by atoms with E-state index in [2.05, 4.69) is 0 Å². The molecule has 0 radical (unpaired) electrons. The summed E-state index contributed by atoms with van der Waals surface area (Å²) in [5.74, 6) is 0.114. The van der Waals surface area contributed by atoms with Gasteiger partial charge in [-0.2, -0.15) is 0 Å². The van der Waals surface area contributed by atoms with Crippen LogP contribution in [0, 0.1) is 12.8 Å². The number of benzene rings is 1. The molecule has 1 atom stereocenters. The van der Waals surface area contributed by atoms with Crippen LogP contribution in [0.1, 0.15) is 22.3 Å². The highest BCUT2D eigenvalue weighted by Gasteiger charge is 2.25. The molecule has 1 aliphatic heterocycles. The number of hydrogen-bond acceptors (Lipinski definition) is 3. The van der Waals surface area contributed by atoms with Gasteiger partial charge in [-0.15, -0.1) is 0 Å². The van der Waals surface area contributed by atoms with Gasteiger partial charge in [0.25, 0.3) is 0 Å². The van der Waals surface area contributed by atoms with Crippen LogP contribution in [0.4, 0.5) is 5.69 Å². The summed E-state index contributed by atoms with van der Waals surface area (Å²) < 4.78 is 5.21. The molecule has 1 saturated heterocycles. The van der Waals surface area contributed by atoms with Gasteiger partial charge in [-0.1, -0.05) is 11.6 Å². The Bertz CT molecular complexity index is 381. The quantitative estimate of drug-likeness (QED) is 0.591. The van der Waals surface area contributed by atoms with Crippen molar-refractivity contribution in [1.82, 2.24) is 0 Å². The van der Waals surface area contributed by atoms with E-state index in [-0.39, 0.29) is 11.7 Å². The number of hydrogen-bond donors (Lipinski definition) is 1. The zero-order valence-corrected chi connectivity index (χ0v) is 8.82. The summed E-state index contributed by atoms with van der Waals surface area (Å²) in [6.45, 7) is 3.18. The van der Waals surface area contributed by atoms with Crippen LogP contribution in [0.2, 0.25) is 0 Å². The average Bonchev–Trinajstić information content (AvgIpc) is 2.74. The van der Waals surface area contributed by atoms with Gasteiger partial charge in [-0.25, -0.2) is 0 Å². The highest BCUT2D eigenvalue weighted by molar-refractivity contribution is 6.02. The number of anilines is 1. The lowest BCUT2D eigenvalue weighted by Crippen LogP contribution is -2.16. The number of aryl methyl sites for hydroxylation is 1. The third-order valence-corrected chi connectivity index (χ3v) is 2.77. The summed E-state index contributed by atoms with van der Waals surface area (Å²) in [6.07, 6.45) is 0.812. The molecule has 1 aromatic carbocycles. The van der Waals surface area contributed by atoms with E-state index < -0.39 is 0 Å². The zero-order valence-electron chi connectivity index (χ0n) is 8.82. The minimum Gasteiger partial charge on any atom is -0.398 e. The van der Waals surface area contributed by atoms with E-state index in [9.17, 15) is 4.79 Å². The van der Waals surface area contributed by atoms with Gasteiger partial charge in [0.2, 0.25) is 0 Å². The highest BCUT2D eigenvalue weighted by Crippen LogP contribution is 2.22. The predicted molar refractivity (Wildman–Crippen MR) is 58.8 cm³/mol. The summed E-state index contributed by atoms with van der Waals surface area (Å²) in [5.41, 5.74) is 8.07. The summed E-state index contributed by atoms with van der Waals surface area (Å²) in [6, 6.07) is 5.56. The fourth-order valence-corrected chi connectivity index (χ4v) is 1.84. The summed E-state index contributed by atoms with van der Waals surface area (Å²) >= 11 is 0.